The van der Waals surface area contributed by atoms with Crippen LogP contribution in [0.3, 0.4) is 0 Å². The van der Waals surface area contributed by atoms with Crippen LogP contribution in [0.4, 0.5) is 14.6 Å². The smallest absolute Gasteiger partial charge is 0.387 e. The molecule has 0 saturated heterocycles. The molecule has 0 aliphatic carbocycles. The topological polar surface area (TPSA) is 71.5 Å². The average molecular weight is 274 g/mol. The molecule has 106 valence electrons. The number of hydrogen-bond donors (Lipinski definition) is 2. The third kappa shape index (κ3) is 5.50. The molecular weight excluding hydrogens is 258 g/mol. The van der Waals surface area contributed by atoms with E-state index in [1.807, 2.05) is 13.8 Å². The minimum absolute atomic E-state index is 0.0729. The second-order valence-corrected chi connectivity index (χ2v) is 4.42. The third-order valence-corrected chi connectivity index (χ3v) is 2.29. The van der Waals surface area contributed by atoms with Crippen LogP contribution in [0.15, 0.2) is 18.3 Å². The lowest BCUT2D eigenvalue weighted by Crippen LogP contribution is -2.31. The largest absolute Gasteiger partial charge is 0.480 e. The van der Waals surface area contributed by atoms with Crippen molar-refractivity contribution in [2.75, 3.05) is 5.32 Å². The Morgan fingerprint density at radius 2 is 2.16 bits per heavy atom. The molecule has 0 fully saturated rings. The molecule has 0 saturated carbocycles. The van der Waals surface area contributed by atoms with Crippen LogP contribution in [-0.4, -0.2) is 28.7 Å². The molecule has 1 aromatic rings. The summed E-state index contributed by atoms with van der Waals surface area (Å²) in [5, 5.41) is 11.8. The predicted molar refractivity (Wildman–Crippen MR) is 65.4 cm³/mol. The van der Waals surface area contributed by atoms with Gasteiger partial charge in [-0.1, -0.05) is 13.8 Å². The molecular formula is C12H16F2N2O3. The highest BCUT2D eigenvalue weighted by molar-refractivity contribution is 5.76. The van der Waals surface area contributed by atoms with Gasteiger partial charge in [0.25, 0.3) is 0 Å². The van der Waals surface area contributed by atoms with Gasteiger partial charge in [0.15, 0.2) is 0 Å². The predicted octanol–water partition coefficient (Wildman–Crippen LogP) is 2.59. The Balaban J connectivity index is 2.67. The van der Waals surface area contributed by atoms with Gasteiger partial charge in [0.1, 0.15) is 17.6 Å². The highest BCUT2D eigenvalue weighted by Gasteiger charge is 2.19. The number of carboxylic acid groups (broad SMARTS) is 1. The van der Waals surface area contributed by atoms with Crippen molar-refractivity contribution in [3.05, 3.63) is 18.3 Å². The lowest BCUT2D eigenvalue weighted by atomic mass is 10.0. The Kier molecular flexibility index (Phi) is 5.47. The van der Waals surface area contributed by atoms with Crippen LogP contribution in [0, 0.1) is 5.92 Å². The molecule has 2 N–H and O–H groups in total. The van der Waals surface area contributed by atoms with Crippen LogP contribution in [0.1, 0.15) is 20.3 Å². The maximum Gasteiger partial charge on any atom is 0.387 e. The summed E-state index contributed by atoms with van der Waals surface area (Å²) in [6.45, 7) is 0.906. The minimum atomic E-state index is -2.91. The summed E-state index contributed by atoms with van der Waals surface area (Å²) in [5.41, 5.74) is 0. The number of aromatic nitrogens is 1. The third-order valence-electron chi connectivity index (χ3n) is 2.29. The maximum atomic E-state index is 11.9. The van der Waals surface area contributed by atoms with Crippen LogP contribution in [0.5, 0.6) is 5.75 Å². The molecule has 0 aromatic carbocycles. The number of rotatable bonds is 7. The zero-order chi connectivity index (χ0) is 14.4. The van der Waals surface area contributed by atoms with Crippen LogP contribution in [0.2, 0.25) is 0 Å². The normalized spacial score (nSPS) is 12.5. The monoisotopic (exact) mass is 274 g/mol. The molecule has 0 radical (unpaired) electrons. The highest BCUT2D eigenvalue weighted by Crippen LogP contribution is 2.16. The van der Waals surface area contributed by atoms with Gasteiger partial charge in [-0.2, -0.15) is 8.78 Å². The van der Waals surface area contributed by atoms with Gasteiger partial charge in [0.05, 0.1) is 6.20 Å². The molecule has 0 aliphatic rings. The van der Waals surface area contributed by atoms with Crippen LogP contribution in [0.25, 0.3) is 0 Å². The number of nitrogens with zero attached hydrogens (tertiary/aromatic N) is 1. The SMILES string of the molecule is CC(C)C[C@@H](Nc1ccc(OC(F)F)cn1)C(=O)O. The van der Waals surface area contributed by atoms with E-state index in [-0.39, 0.29) is 11.7 Å². The van der Waals surface area contributed by atoms with E-state index < -0.39 is 18.6 Å². The molecule has 0 bridgehead atoms. The summed E-state index contributed by atoms with van der Waals surface area (Å²) in [6.07, 6.45) is 1.55. The van der Waals surface area contributed by atoms with Crippen molar-refractivity contribution < 1.29 is 23.4 Å². The minimum Gasteiger partial charge on any atom is -0.480 e. The molecule has 7 heteroatoms. The Hall–Kier alpha value is -1.92. The van der Waals surface area contributed by atoms with Crippen LogP contribution >= 0.6 is 0 Å². The summed E-state index contributed by atoms with van der Waals surface area (Å²) < 4.78 is 28.0. The van der Waals surface area contributed by atoms with Crippen molar-refractivity contribution in [2.24, 2.45) is 5.92 Å². The second kappa shape index (κ2) is 6.86. The number of alkyl halides is 2. The maximum absolute atomic E-state index is 11.9. The lowest BCUT2D eigenvalue weighted by Gasteiger charge is -2.17. The quantitative estimate of drug-likeness (QED) is 0.799. The molecule has 1 atom stereocenters. The summed E-state index contributed by atoms with van der Waals surface area (Å²) in [7, 11) is 0. The number of aliphatic carboxylic acids is 1. The summed E-state index contributed by atoms with van der Waals surface area (Å²) in [6, 6.07) is 1.93. The molecule has 19 heavy (non-hydrogen) atoms. The summed E-state index contributed by atoms with van der Waals surface area (Å²) in [4.78, 5) is 14.9. The van der Waals surface area contributed by atoms with E-state index in [9.17, 15) is 13.6 Å². The van der Waals surface area contributed by atoms with Gasteiger partial charge >= 0.3 is 12.6 Å². The lowest BCUT2D eigenvalue weighted by molar-refractivity contribution is -0.138. The van der Waals surface area contributed by atoms with E-state index >= 15 is 0 Å². The van der Waals surface area contributed by atoms with Crippen molar-refractivity contribution >= 4 is 11.8 Å². The number of nitrogens with one attached hydrogen (secondary N) is 1. The molecule has 1 heterocycles. The first kappa shape index (κ1) is 15.1. The van der Waals surface area contributed by atoms with E-state index in [4.69, 9.17) is 5.11 Å². The van der Waals surface area contributed by atoms with Gasteiger partial charge in [0, 0.05) is 0 Å². The highest BCUT2D eigenvalue weighted by atomic mass is 19.3. The number of anilines is 1. The summed E-state index contributed by atoms with van der Waals surface area (Å²) in [5.74, 6) is -0.551. The van der Waals surface area contributed by atoms with Crippen molar-refractivity contribution in [1.82, 2.24) is 4.98 Å². The molecule has 0 aliphatic heterocycles. The molecule has 0 amide bonds. The van der Waals surface area contributed by atoms with Gasteiger partial charge in [-0.05, 0) is 24.5 Å². The van der Waals surface area contributed by atoms with Gasteiger partial charge in [-0.15, -0.1) is 0 Å². The Labute approximate surface area is 109 Å². The van der Waals surface area contributed by atoms with Crippen molar-refractivity contribution in [2.45, 2.75) is 32.9 Å². The van der Waals surface area contributed by atoms with E-state index in [2.05, 4.69) is 15.0 Å². The molecule has 0 unspecified atom stereocenters. The first-order chi connectivity index (χ1) is 8.88. The summed E-state index contributed by atoms with van der Waals surface area (Å²) >= 11 is 0. The van der Waals surface area contributed by atoms with Crippen molar-refractivity contribution in [1.29, 1.82) is 0 Å². The molecule has 5 nitrogen and oxygen atoms in total. The van der Waals surface area contributed by atoms with Gasteiger partial charge in [-0.3, -0.25) is 0 Å². The Morgan fingerprint density at radius 1 is 1.47 bits per heavy atom. The van der Waals surface area contributed by atoms with Crippen LogP contribution in [-0.2, 0) is 4.79 Å². The van der Waals surface area contributed by atoms with E-state index in [1.165, 1.54) is 12.1 Å². The second-order valence-electron chi connectivity index (χ2n) is 4.42. The van der Waals surface area contributed by atoms with E-state index in [0.717, 1.165) is 6.20 Å². The Bertz CT molecular complexity index is 410. The Morgan fingerprint density at radius 3 is 2.58 bits per heavy atom. The zero-order valence-corrected chi connectivity index (χ0v) is 10.6. The standard InChI is InChI=1S/C12H16F2N2O3/c1-7(2)5-9(11(17)18)16-10-4-3-8(6-15-10)19-12(13)14/h3-4,6-7,9,12H,5H2,1-2H3,(H,15,16)(H,17,18)/t9-/m1/s1. The average Bonchev–Trinajstić information content (AvgIpc) is 2.29. The van der Waals surface area contributed by atoms with Crippen molar-refractivity contribution in [3.63, 3.8) is 0 Å². The number of pyridine rings is 1. The molecule has 1 rings (SSSR count). The first-order valence-corrected chi connectivity index (χ1v) is 5.78. The fourth-order valence-electron chi connectivity index (χ4n) is 1.51. The van der Waals surface area contributed by atoms with Gasteiger partial charge < -0.3 is 15.2 Å². The van der Waals surface area contributed by atoms with Gasteiger partial charge in [0.2, 0.25) is 0 Å². The molecule has 1 aromatic heterocycles. The fourth-order valence-corrected chi connectivity index (χ4v) is 1.51. The van der Waals surface area contributed by atoms with Gasteiger partial charge in [-0.25, -0.2) is 9.78 Å². The van der Waals surface area contributed by atoms with E-state index in [1.54, 1.807) is 0 Å². The van der Waals surface area contributed by atoms with Crippen molar-refractivity contribution in [3.8, 4) is 5.75 Å². The molecule has 0 spiro atoms. The zero-order valence-electron chi connectivity index (χ0n) is 10.6. The van der Waals surface area contributed by atoms with Crippen LogP contribution < -0.4 is 10.1 Å². The number of hydrogen-bond acceptors (Lipinski definition) is 4. The number of carboxylic acids is 1. The van der Waals surface area contributed by atoms with E-state index in [0.29, 0.717) is 12.2 Å². The fraction of sp³-hybridized carbons (Fsp3) is 0.500. The first-order valence-electron chi connectivity index (χ1n) is 5.78. The number of carbonyl (C=O) groups is 1. The number of ether oxygens (including phenoxy) is 1. The number of halogens is 2.